The Morgan fingerprint density at radius 2 is 2.18 bits per heavy atom. The second-order valence-electron chi connectivity index (χ2n) is 4.84. The van der Waals surface area contributed by atoms with Crippen molar-refractivity contribution in [1.29, 1.82) is 0 Å². The molecule has 3 heteroatoms. The van der Waals surface area contributed by atoms with E-state index in [-0.39, 0.29) is 0 Å². The summed E-state index contributed by atoms with van der Waals surface area (Å²) in [5.74, 6) is 1.18. The Morgan fingerprint density at radius 1 is 1.29 bits per heavy atom. The van der Waals surface area contributed by atoms with Crippen LogP contribution in [0.1, 0.15) is 55.9 Å². The van der Waals surface area contributed by atoms with E-state index in [2.05, 4.69) is 11.4 Å². The van der Waals surface area contributed by atoms with Crippen molar-refractivity contribution in [3.05, 3.63) is 23.7 Å². The van der Waals surface area contributed by atoms with Gasteiger partial charge in [0.25, 0.3) is 0 Å². The summed E-state index contributed by atoms with van der Waals surface area (Å²) < 4.78 is 5.48. The van der Waals surface area contributed by atoms with Gasteiger partial charge in [0, 0.05) is 24.6 Å². The fourth-order valence-electron chi connectivity index (χ4n) is 2.57. The molecule has 2 rings (SSSR count). The van der Waals surface area contributed by atoms with E-state index in [0.29, 0.717) is 12.6 Å². The third-order valence-corrected chi connectivity index (χ3v) is 3.53. The van der Waals surface area contributed by atoms with Crippen LogP contribution in [0.4, 0.5) is 0 Å². The number of unbranched alkanes of at least 4 members (excludes halogenated alkanes) is 3. The molecule has 0 saturated carbocycles. The minimum Gasteiger partial charge on any atom is -0.469 e. The van der Waals surface area contributed by atoms with E-state index < -0.39 is 0 Å². The lowest BCUT2D eigenvalue weighted by Gasteiger charge is -2.22. The quantitative estimate of drug-likeness (QED) is 0.717. The van der Waals surface area contributed by atoms with Crippen LogP contribution >= 0.6 is 0 Å². The third-order valence-electron chi connectivity index (χ3n) is 3.53. The molecule has 1 atom stereocenters. The Balaban J connectivity index is 1.67. The number of aryl methyl sites for hydroxylation is 1. The van der Waals surface area contributed by atoms with Crippen molar-refractivity contribution in [2.45, 2.75) is 51.0 Å². The molecule has 1 aliphatic carbocycles. The highest BCUT2D eigenvalue weighted by molar-refractivity contribution is 5.23. The highest BCUT2D eigenvalue weighted by Gasteiger charge is 2.21. The number of rotatable bonds is 7. The molecule has 0 bridgehead atoms. The van der Waals surface area contributed by atoms with Crippen LogP contribution in [0.5, 0.6) is 0 Å². The maximum Gasteiger partial charge on any atom is 0.108 e. The lowest BCUT2D eigenvalue weighted by atomic mass is 9.93. The monoisotopic (exact) mass is 237 g/mol. The Morgan fingerprint density at radius 3 is 3.06 bits per heavy atom. The second-order valence-corrected chi connectivity index (χ2v) is 4.84. The van der Waals surface area contributed by atoms with Crippen LogP contribution in [0.15, 0.2) is 16.7 Å². The van der Waals surface area contributed by atoms with Crippen LogP contribution < -0.4 is 5.32 Å². The van der Waals surface area contributed by atoms with Crippen molar-refractivity contribution in [2.75, 3.05) is 13.2 Å². The first-order valence-corrected chi connectivity index (χ1v) is 6.82. The van der Waals surface area contributed by atoms with E-state index in [0.717, 1.165) is 25.8 Å². The molecule has 0 radical (unpaired) electrons. The maximum absolute atomic E-state index is 8.69. The molecule has 0 spiro atoms. The van der Waals surface area contributed by atoms with Gasteiger partial charge in [0.2, 0.25) is 0 Å². The molecule has 1 heterocycles. The summed E-state index contributed by atoms with van der Waals surface area (Å²) in [7, 11) is 0. The zero-order chi connectivity index (χ0) is 11.9. The number of nitrogens with one attached hydrogen (secondary N) is 1. The summed E-state index contributed by atoms with van der Waals surface area (Å²) in [6, 6.07) is 2.60. The topological polar surface area (TPSA) is 45.4 Å². The summed E-state index contributed by atoms with van der Waals surface area (Å²) in [6.07, 6.45) is 9.84. The fourth-order valence-corrected chi connectivity index (χ4v) is 2.57. The van der Waals surface area contributed by atoms with Crippen molar-refractivity contribution in [2.24, 2.45) is 0 Å². The van der Waals surface area contributed by atoms with Gasteiger partial charge >= 0.3 is 0 Å². The number of hydrogen-bond acceptors (Lipinski definition) is 3. The molecule has 0 aliphatic heterocycles. The van der Waals surface area contributed by atoms with E-state index >= 15 is 0 Å². The van der Waals surface area contributed by atoms with E-state index in [1.807, 2.05) is 6.26 Å². The minimum absolute atomic E-state index is 0.328. The standard InChI is InChI=1S/C14H23NO2/c16-10-4-2-1-3-9-15-13-6-5-7-14-12(13)8-11-17-14/h8,11,13,15-16H,1-7,9-10H2. The van der Waals surface area contributed by atoms with Gasteiger partial charge in [0.15, 0.2) is 0 Å². The summed E-state index contributed by atoms with van der Waals surface area (Å²) in [4.78, 5) is 0. The van der Waals surface area contributed by atoms with Crippen LogP contribution in [0.25, 0.3) is 0 Å². The average Bonchev–Trinajstić information content (AvgIpc) is 2.82. The molecule has 1 aromatic heterocycles. The molecule has 3 nitrogen and oxygen atoms in total. The minimum atomic E-state index is 0.328. The number of aliphatic hydroxyl groups is 1. The molecular weight excluding hydrogens is 214 g/mol. The normalized spacial score (nSPS) is 19.2. The van der Waals surface area contributed by atoms with Gasteiger partial charge in [0.1, 0.15) is 5.76 Å². The zero-order valence-corrected chi connectivity index (χ0v) is 10.5. The molecule has 0 aromatic carbocycles. The number of hydrogen-bond donors (Lipinski definition) is 2. The van der Waals surface area contributed by atoms with Crippen molar-refractivity contribution in [3.8, 4) is 0 Å². The third kappa shape index (κ3) is 3.58. The van der Waals surface area contributed by atoms with Gasteiger partial charge in [-0.25, -0.2) is 0 Å². The SMILES string of the molecule is OCCCCCCNC1CCCc2occc21. The highest BCUT2D eigenvalue weighted by Crippen LogP contribution is 2.30. The first kappa shape index (κ1) is 12.7. The summed E-state index contributed by atoms with van der Waals surface area (Å²) in [5.41, 5.74) is 1.37. The maximum atomic E-state index is 8.69. The van der Waals surface area contributed by atoms with Gasteiger partial charge in [-0.1, -0.05) is 12.8 Å². The summed E-state index contributed by atoms with van der Waals surface area (Å²) in [6.45, 7) is 1.40. The van der Waals surface area contributed by atoms with Crippen LogP contribution in [-0.4, -0.2) is 18.3 Å². The molecule has 0 saturated heterocycles. The van der Waals surface area contributed by atoms with Crippen molar-refractivity contribution < 1.29 is 9.52 Å². The number of fused-ring (bicyclic) bond motifs is 1. The van der Waals surface area contributed by atoms with E-state index in [9.17, 15) is 0 Å². The largest absolute Gasteiger partial charge is 0.469 e. The van der Waals surface area contributed by atoms with Crippen molar-refractivity contribution >= 4 is 0 Å². The first-order valence-electron chi connectivity index (χ1n) is 6.82. The second kappa shape index (κ2) is 6.82. The zero-order valence-electron chi connectivity index (χ0n) is 10.5. The van der Waals surface area contributed by atoms with Gasteiger partial charge in [-0.15, -0.1) is 0 Å². The molecule has 17 heavy (non-hydrogen) atoms. The van der Waals surface area contributed by atoms with Crippen LogP contribution in [0.3, 0.4) is 0 Å². The summed E-state index contributed by atoms with van der Waals surface area (Å²) in [5, 5.41) is 12.3. The smallest absolute Gasteiger partial charge is 0.108 e. The average molecular weight is 237 g/mol. The Labute approximate surface area is 103 Å². The van der Waals surface area contributed by atoms with Gasteiger partial charge in [-0.3, -0.25) is 0 Å². The molecule has 0 amide bonds. The predicted molar refractivity (Wildman–Crippen MR) is 67.9 cm³/mol. The van der Waals surface area contributed by atoms with Gasteiger partial charge < -0.3 is 14.8 Å². The molecule has 1 unspecified atom stereocenters. The lowest BCUT2D eigenvalue weighted by molar-refractivity contribution is 0.282. The molecular formula is C14H23NO2. The molecule has 2 N–H and O–H groups in total. The lowest BCUT2D eigenvalue weighted by Crippen LogP contribution is -2.25. The van der Waals surface area contributed by atoms with Gasteiger partial charge in [-0.05, 0) is 38.3 Å². The highest BCUT2D eigenvalue weighted by atomic mass is 16.3. The van der Waals surface area contributed by atoms with E-state index in [4.69, 9.17) is 9.52 Å². The molecule has 96 valence electrons. The molecule has 1 aliphatic rings. The van der Waals surface area contributed by atoms with E-state index in [1.54, 1.807) is 0 Å². The summed E-state index contributed by atoms with van der Waals surface area (Å²) >= 11 is 0. The van der Waals surface area contributed by atoms with Gasteiger partial charge in [0.05, 0.1) is 6.26 Å². The van der Waals surface area contributed by atoms with Crippen molar-refractivity contribution in [1.82, 2.24) is 5.32 Å². The predicted octanol–water partition coefficient (Wildman–Crippen LogP) is 2.80. The fraction of sp³-hybridized carbons (Fsp3) is 0.714. The van der Waals surface area contributed by atoms with Crippen molar-refractivity contribution in [3.63, 3.8) is 0 Å². The van der Waals surface area contributed by atoms with E-state index in [1.165, 1.54) is 37.0 Å². The first-order chi connectivity index (χ1) is 8.42. The Bertz CT molecular complexity index is 322. The Hall–Kier alpha value is -0.800. The van der Waals surface area contributed by atoms with Gasteiger partial charge in [-0.2, -0.15) is 0 Å². The van der Waals surface area contributed by atoms with Crippen LogP contribution in [0, 0.1) is 0 Å². The van der Waals surface area contributed by atoms with Crippen LogP contribution in [0.2, 0.25) is 0 Å². The Kier molecular flexibility index (Phi) is 5.08. The molecule has 0 fully saturated rings. The number of furan rings is 1. The molecule has 1 aromatic rings. The van der Waals surface area contributed by atoms with Crippen LogP contribution in [-0.2, 0) is 6.42 Å². The number of aliphatic hydroxyl groups excluding tert-OH is 1.